The van der Waals surface area contributed by atoms with Crippen molar-refractivity contribution in [3.05, 3.63) is 59.9 Å². The summed E-state index contributed by atoms with van der Waals surface area (Å²) in [7, 11) is 0. The number of carbonyl (C=O) groups excluding carboxylic acids is 2. The van der Waals surface area contributed by atoms with Crippen molar-refractivity contribution in [3.63, 3.8) is 0 Å². The third kappa shape index (κ3) is 5.00. The van der Waals surface area contributed by atoms with Gasteiger partial charge in [-0.15, -0.1) is 0 Å². The van der Waals surface area contributed by atoms with Crippen molar-refractivity contribution in [2.24, 2.45) is 0 Å². The van der Waals surface area contributed by atoms with Gasteiger partial charge in [0.25, 0.3) is 0 Å². The maximum Gasteiger partial charge on any atom is 0.246 e. The highest BCUT2D eigenvalue weighted by Gasteiger charge is 2.10. The monoisotopic (exact) mass is 370 g/mol. The summed E-state index contributed by atoms with van der Waals surface area (Å²) in [5, 5.41) is 13.7. The second-order valence-electron chi connectivity index (χ2n) is 6.11. The highest BCUT2D eigenvalue weighted by Crippen LogP contribution is 2.10. The first-order chi connectivity index (χ1) is 12.9. The number of benzene rings is 1. The number of anilines is 2. The van der Waals surface area contributed by atoms with E-state index in [2.05, 4.69) is 20.8 Å². The molecule has 9 heteroatoms. The van der Waals surface area contributed by atoms with Crippen LogP contribution in [0.4, 0.5) is 15.8 Å². The zero-order valence-electron chi connectivity index (χ0n) is 14.9. The summed E-state index contributed by atoms with van der Waals surface area (Å²) in [5.74, 6) is -0.928. The van der Waals surface area contributed by atoms with Crippen LogP contribution < -0.4 is 10.6 Å². The van der Waals surface area contributed by atoms with Crippen LogP contribution in [0.25, 0.3) is 0 Å². The van der Waals surface area contributed by atoms with Crippen LogP contribution in [0, 0.1) is 19.7 Å². The molecule has 0 radical (unpaired) electrons. The Labute approximate surface area is 155 Å². The number of halogens is 1. The minimum absolute atomic E-state index is 0.0370. The summed E-state index contributed by atoms with van der Waals surface area (Å²) in [6, 6.07) is 7.37. The minimum atomic E-state index is -0.374. The van der Waals surface area contributed by atoms with E-state index >= 15 is 0 Å². The molecule has 3 aromatic rings. The van der Waals surface area contributed by atoms with Gasteiger partial charge in [-0.25, -0.2) is 4.39 Å². The molecule has 0 spiro atoms. The van der Waals surface area contributed by atoms with Gasteiger partial charge in [-0.1, -0.05) is 0 Å². The summed E-state index contributed by atoms with van der Waals surface area (Å²) >= 11 is 0. The Morgan fingerprint density at radius 1 is 1.04 bits per heavy atom. The molecule has 140 valence electrons. The van der Waals surface area contributed by atoms with Crippen LogP contribution in [0.2, 0.25) is 0 Å². The van der Waals surface area contributed by atoms with Gasteiger partial charge in [0.15, 0.2) is 0 Å². The molecule has 3 rings (SSSR count). The molecule has 27 heavy (non-hydrogen) atoms. The fraction of sp³-hybridized carbons (Fsp3) is 0.222. The molecule has 0 aliphatic heterocycles. The smallest absolute Gasteiger partial charge is 0.246 e. The number of amides is 2. The Morgan fingerprint density at radius 2 is 1.70 bits per heavy atom. The first-order valence-corrected chi connectivity index (χ1v) is 8.28. The molecular weight excluding hydrogens is 351 g/mol. The van der Waals surface area contributed by atoms with E-state index in [1.807, 2.05) is 19.9 Å². The van der Waals surface area contributed by atoms with Gasteiger partial charge >= 0.3 is 0 Å². The van der Waals surface area contributed by atoms with Crippen LogP contribution in [0.5, 0.6) is 0 Å². The molecule has 0 unspecified atom stereocenters. The Morgan fingerprint density at radius 3 is 2.37 bits per heavy atom. The second kappa shape index (κ2) is 7.81. The van der Waals surface area contributed by atoms with E-state index in [-0.39, 0.29) is 30.7 Å². The predicted octanol–water partition coefficient (Wildman–Crippen LogP) is 2.11. The van der Waals surface area contributed by atoms with Crippen LogP contribution in [0.15, 0.2) is 42.7 Å². The standard InChI is InChI=1S/C18H19FN6O2/c1-12-7-13(2)25(23-12)11-18(27)22-16-8-20-24(9-16)10-17(26)21-15-5-3-14(19)4-6-15/h3-9H,10-11H2,1-2H3,(H,21,26)(H,22,27). The first-order valence-electron chi connectivity index (χ1n) is 8.28. The Hall–Kier alpha value is -3.49. The molecule has 0 fully saturated rings. The number of hydrogen-bond donors (Lipinski definition) is 2. The second-order valence-corrected chi connectivity index (χ2v) is 6.11. The number of nitrogens with zero attached hydrogens (tertiary/aromatic N) is 4. The normalized spacial score (nSPS) is 10.6. The van der Waals surface area contributed by atoms with Gasteiger partial charge in [-0.2, -0.15) is 10.2 Å². The number of nitrogens with one attached hydrogen (secondary N) is 2. The van der Waals surface area contributed by atoms with E-state index < -0.39 is 0 Å². The summed E-state index contributed by atoms with van der Waals surface area (Å²) in [5.41, 5.74) is 2.72. The van der Waals surface area contributed by atoms with Gasteiger partial charge in [0.2, 0.25) is 11.8 Å². The lowest BCUT2D eigenvalue weighted by Crippen LogP contribution is -2.20. The zero-order chi connectivity index (χ0) is 19.4. The summed E-state index contributed by atoms with van der Waals surface area (Å²) in [6.07, 6.45) is 3.02. The van der Waals surface area contributed by atoms with Crippen LogP contribution in [0.3, 0.4) is 0 Å². The molecule has 0 saturated carbocycles. The van der Waals surface area contributed by atoms with E-state index in [4.69, 9.17) is 0 Å². The Kier molecular flexibility index (Phi) is 5.30. The molecule has 1 aromatic carbocycles. The SMILES string of the molecule is Cc1cc(C)n(CC(=O)Nc2cnn(CC(=O)Nc3ccc(F)cc3)c2)n1. The van der Waals surface area contributed by atoms with Gasteiger partial charge in [-0.05, 0) is 44.2 Å². The number of aryl methyl sites for hydroxylation is 2. The van der Waals surface area contributed by atoms with E-state index in [0.717, 1.165) is 11.4 Å². The number of hydrogen-bond acceptors (Lipinski definition) is 4. The molecule has 0 aliphatic carbocycles. The Bertz CT molecular complexity index is 961. The van der Waals surface area contributed by atoms with Crippen molar-refractivity contribution in [2.75, 3.05) is 10.6 Å². The molecular formula is C18H19FN6O2. The van der Waals surface area contributed by atoms with E-state index in [1.54, 1.807) is 10.9 Å². The molecule has 8 nitrogen and oxygen atoms in total. The molecule has 0 atom stereocenters. The van der Waals surface area contributed by atoms with Gasteiger partial charge in [-0.3, -0.25) is 19.0 Å². The lowest BCUT2D eigenvalue weighted by Gasteiger charge is -2.06. The van der Waals surface area contributed by atoms with Gasteiger partial charge in [0.05, 0.1) is 17.6 Å². The van der Waals surface area contributed by atoms with E-state index in [1.165, 1.54) is 35.1 Å². The third-order valence-corrected chi connectivity index (χ3v) is 3.75. The van der Waals surface area contributed by atoms with Crippen LogP contribution >= 0.6 is 0 Å². The fourth-order valence-corrected chi connectivity index (χ4v) is 2.57. The van der Waals surface area contributed by atoms with Crippen molar-refractivity contribution in [1.29, 1.82) is 0 Å². The summed E-state index contributed by atoms with van der Waals surface area (Å²) in [4.78, 5) is 24.1. The van der Waals surface area contributed by atoms with E-state index in [0.29, 0.717) is 11.4 Å². The number of rotatable bonds is 6. The highest BCUT2D eigenvalue weighted by atomic mass is 19.1. The summed E-state index contributed by atoms with van der Waals surface area (Å²) in [6.45, 7) is 3.80. The molecule has 2 N–H and O–H groups in total. The maximum atomic E-state index is 12.9. The molecule has 0 aliphatic rings. The van der Waals surface area contributed by atoms with Crippen molar-refractivity contribution < 1.29 is 14.0 Å². The molecule has 2 aromatic heterocycles. The van der Waals surface area contributed by atoms with E-state index in [9.17, 15) is 14.0 Å². The number of carbonyl (C=O) groups is 2. The van der Waals surface area contributed by atoms with Crippen molar-refractivity contribution in [2.45, 2.75) is 26.9 Å². The quantitative estimate of drug-likeness (QED) is 0.695. The average molecular weight is 370 g/mol. The van der Waals surface area contributed by atoms with Gasteiger partial charge in [0, 0.05) is 17.6 Å². The largest absolute Gasteiger partial charge is 0.324 e. The molecule has 2 amide bonds. The lowest BCUT2D eigenvalue weighted by atomic mass is 10.3. The van der Waals surface area contributed by atoms with Crippen molar-refractivity contribution in [1.82, 2.24) is 19.6 Å². The van der Waals surface area contributed by atoms with Crippen molar-refractivity contribution in [3.8, 4) is 0 Å². The molecule has 0 bridgehead atoms. The maximum absolute atomic E-state index is 12.9. The predicted molar refractivity (Wildman–Crippen MR) is 97.6 cm³/mol. The molecule has 0 saturated heterocycles. The van der Waals surface area contributed by atoms with Crippen LogP contribution in [0.1, 0.15) is 11.4 Å². The first kappa shape index (κ1) is 18.3. The van der Waals surface area contributed by atoms with Crippen LogP contribution in [-0.4, -0.2) is 31.4 Å². The zero-order valence-corrected chi connectivity index (χ0v) is 14.9. The van der Waals surface area contributed by atoms with Crippen molar-refractivity contribution >= 4 is 23.2 Å². The fourth-order valence-electron chi connectivity index (χ4n) is 2.57. The lowest BCUT2D eigenvalue weighted by molar-refractivity contribution is -0.117. The molecule has 2 heterocycles. The topological polar surface area (TPSA) is 93.8 Å². The van der Waals surface area contributed by atoms with Gasteiger partial charge in [0.1, 0.15) is 18.9 Å². The minimum Gasteiger partial charge on any atom is -0.324 e. The third-order valence-electron chi connectivity index (χ3n) is 3.75. The van der Waals surface area contributed by atoms with Crippen LogP contribution in [-0.2, 0) is 22.7 Å². The summed E-state index contributed by atoms with van der Waals surface area (Å²) < 4.78 is 15.9. The number of aromatic nitrogens is 4. The highest BCUT2D eigenvalue weighted by molar-refractivity contribution is 5.91. The average Bonchev–Trinajstić information content (AvgIpc) is 3.15. The van der Waals surface area contributed by atoms with Gasteiger partial charge < -0.3 is 10.6 Å². The Balaban J connectivity index is 1.53.